The number of aromatic nitrogens is 1. The molecule has 0 spiro atoms. The number of nitrogens with one attached hydrogen (secondary N) is 2. The molecule has 0 aliphatic carbocycles. The van der Waals surface area contributed by atoms with Gasteiger partial charge in [0.05, 0.1) is 25.0 Å². The number of benzene rings is 2. The van der Waals surface area contributed by atoms with E-state index in [2.05, 4.69) is 20.6 Å². The Morgan fingerprint density at radius 1 is 1.05 bits per heavy atom. The first kappa shape index (κ1) is 31.0. The molecule has 42 heavy (non-hydrogen) atoms. The fourth-order valence-corrected chi connectivity index (χ4v) is 5.73. The number of alkyl halides is 3. The molecule has 0 bridgehead atoms. The number of rotatable bonds is 10. The standard InChI is InChI=1S/C27H30F3N5O6S/c1-2-19(22(36)24-33-20-10-6-7-11-21(20)41-24)32-23(37)25(42(38,39)16-18-8-4-3-5-9-18)34-26(31-17-27(28,29)30)35-12-14-40-15-13-35/h3-11,19,25H,2,12-17H2,1H3,(H,31,34)(H,32,37). The number of para-hydroxylation sites is 2. The van der Waals surface area contributed by atoms with E-state index >= 15 is 0 Å². The number of nitrogens with zero attached hydrogens (tertiary/aromatic N) is 3. The number of sulfone groups is 1. The van der Waals surface area contributed by atoms with E-state index in [1.54, 1.807) is 61.5 Å². The van der Waals surface area contributed by atoms with Gasteiger partial charge in [-0.25, -0.2) is 18.4 Å². The van der Waals surface area contributed by atoms with Crippen LogP contribution in [0.4, 0.5) is 13.2 Å². The number of morpholine rings is 1. The summed E-state index contributed by atoms with van der Waals surface area (Å²) < 4.78 is 77.4. The minimum Gasteiger partial charge on any atom is -0.434 e. The number of guanidine groups is 1. The molecule has 1 aliphatic heterocycles. The van der Waals surface area contributed by atoms with Crippen molar-refractivity contribution >= 4 is 38.6 Å². The van der Waals surface area contributed by atoms with Crippen molar-refractivity contribution < 1.29 is 40.3 Å². The Hall–Kier alpha value is -3.98. The highest BCUT2D eigenvalue weighted by Gasteiger charge is 2.38. The van der Waals surface area contributed by atoms with Crippen molar-refractivity contribution in [3.8, 4) is 0 Å². The van der Waals surface area contributed by atoms with Crippen LogP contribution in [0.5, 0.6) is 0 Å². The fraction of sp³-hybridized carbons (Fsp3) is 0.407. The van der Waals surface area contributed by atoms with Gasteiger partial charge in [0.2, 0.25) is 11.2 Å². The van der Waals surface area contributed by atoms with Crippen LogP contribution in [0.1, 0.15) is 29.6 Å². The number of carbonyl (C=O) groups excluding carboxylic acids is 2. The first-order valence-corrected chi connectivity index (χ1v) is 14.8. The van der Waals surface area contributed by atoms with Crippen molar-refractivity contribution in [1.29, 1.82) is 0 Å². The van der Waals surface area contributed by atoms with Crippen LogP contribution in [0.2, 0.25) is 0 Å². The van der Waals surface area contributed by atoms with Crippen LogP contribution in [0.3, 0.4) is 0 Å². The van der Waals surface area contributed by atoms with E-state index in [0.717, 1.165) is 0 Å². The lowest BCUT2D eigenvalue weighted by molar-refractivity contribution is -0.121. The van der Waals surface area contributed by atoms with E-state index in [1.807, 2.05) is 0 Å². The van der Waals surface area contributed by atoms with Gasteiger partial charge in [0.25, 0.3) is 11.8 Å². The van der Waals surface area contributed by atoms with Crippen LogP contribution in [0.25, 0.3) is 11.1 Å². The number of oxazole rings is 1. The Balaban J connectivity index is 1.64. The Labute approximate surface area is 240 Å². The van der Waals surface area contributed by atoms with Crippen molar-refractivity contribution in [2.75, 3.05) is 32.8 Å². The van der Waals surface area contributed by atoms with Gasteiger partial charge in [-0.1, -0.05) is 49.4 Å². The van der Waals surface area contributed by atoms with Gasteiger partial charge in [0.1, 0.15) is 12.1 Å². The summed E-state index contributed by atoms with van der Waals surface area (Å²) in [5, 5.41) is 2.80. The second-order valence-corrected chi connectivity index (χ2v) is 11.6. The largest absolute Gasteiger partial charge is 0.434 e. The number of hydrogen-bond acceptors (Lipinski definition) is 8. The third-order valence-corrected chi connectivity index (χ3v) is 8.12. The van der Waals surface area contributed by atoms with E-state index in [0.29, 0.717) is 16.7 Å². The van der Waals surface area contributed by atoms with Crippen LogP contribution in [0, 0.1) is 0 Å². The Bertz CT molecular complexity index is 1490. The minimum absolute atomic E-state index is 0.0488. The van der Waals surface area contributed by atoms with Crippen molar-refractivity contribution in [1.82, 2.24) is 20.5 Å². The van der Waals surface area contributed by atoms with Crippen LogP contribution in [0.15, 0.2) is 64.0 Å². The summed E-state index contributed by atoms with van der Waals surface area (Å²) in [6.07, 6.45) is -4.63. The zero-order valence-corrected chi connectivity index (χ0v) is 23.5. The Kier molecular flexibility index (Phi) is 9.83. The molecule has 1 saturated heterocycles. The SMILES string of the molecule is CCC(NC(=O)C(NC(=NCC(F)(F)F)N1CCOCC1)S(=O)(=O)Cc1ccccc1)C(=O)c1nc2ccccc2o1. The van der Waals surface area contributed by atoms with E-state index in [-0.39, 0.29) is 38.6 Å². The van der Waals surface area contributed by atoms with Crippen molar-refractivity contribution in [3.63, 3.8) is 0 Å². The molecule has 2 aromatic carbocycles. The highest BCUT2D eigenvalue weighted by molar-refractivity contribution is 7.92. The summed E-state index contributed by atoms with van der Waals surface area (Å²) in [7, 11) is -4.42. The molecule has 1 amide bonds. The number of carbonyl (C=O) groups is 2. The monoisotopic (exact) mass is 609 g/mol. The number of Topliss-reactive ketones (excluding diaryl/α,β-unsaturated/α-hetero) is 1. The minimum atomic E-state index is -4.68. The average molecular weight is 610 g/mol. The molecule has 15 heteroatoms. The Morgan fingerprint density at radius 2 is 1.71 bits per heavy atom. The van der Waals surface area contributed by atoms with Crippen molar-refractivity contribution in [2.45, 2.75) is 36.7 Å². The van der Waals surface area contributed by atoms with E-state index in [1.165, 1.54) is 4.90 Å². The van der Waals surface area contributed by atoms with E-state index in [9.17, 15) is 31.2 Å². The fourth-order valence-electron chi connectivity index (χ4n) is 4.23. The maximum atomic E-state index is 13.6. The molecule has 2 heterocycles. The van der Waals surface area contributed by atoms with Crippen molar-refractivity contribution in [3.05, 3.63) is 66.1 Å². The molecule has 3 aromatic rings. The molecular formula is C27H30F3N5O6S. The topological polar surface area (TPSA) is 143 Å². The van der Waals surface area contributed by atoms with Gasteiger partial charge in [-0.3, -0.25) is 9.59 Å². The number of halogens is 3. The van der Waals surface area contributed by atoms with Crippen LogP contribution < -0.4 is 10.6 Å². The molecule has 4 rings (SSSR count). The highest BCUT2D eigenvalue weighted by Crippen LogP contribution is 2.18. The smallest absolute Gasteiger partial charge is 0.408 e. The zero-order valence-electron chi connectivity index (χ0n) is 22.6. The summed E-state index contributed by atoms with van der Waals surface area (Å²) in [5.74, 6) is -3.15. The third-order valence-electron chi connectivity index (χ3n) is 6.33. The second-order valence-electron chi connectivity index (χ2n) is 9.49. The molecule has 1 aliphatic rings. The second kappa shape index (κ2) is 13.3. The number of ether oxygens (including phenoxy) is 1. The van der Waals surface area contributed by atoms with Gasteiger partial charge in [-0.15, -0.1) is 0 Å². The summed E-state index contributed by atoms with van der Waals surface area (Å²) in [6.45, 7) is 0.549. The molecular weight excluding hydrogens is 579 g/mol. The lowest BCUT2D eigenvalue weighted by atomic mass is 10.1. The lowest BCUT2D eigenvalue weighted by Gasteiger charge is -2.32. The molecule has 0 saturated carbocycles. The molecule has 1 aromatic heterocycles. The maximum absolute atomic E-state index is 13.6. The molecule has 226 valence electrons. The predicted octanol–water partition coefficient (Wildman–Crippen LogP) is 2.69. The van der Waals surface area contributed by atoms with Crippen LogP contribution >= 0.6 is 0 Å². The van der Waals surface area contributed by atoms with Crippen LogP contribution in [-0.4, -0.2) is 86.4 Å². The summed E-state index contributed by atoms with van der Waals surface area (Å²) in [5.41, 5.74) is 1.12. The first-order chi connectivity index (χ1) is 20.0. The van der Waals surface area contributed by atoms with Gasteiger partial charge < -0.3 is 24.7 Å². The number of fused-ring (bicyclic) bond motifs is 1. The summed E-state index contributed by atoms with van der Waals surface area (Å²) >= 11 is 0. The van der Waals surface area contributed by atoms with Gasteiger partial charge in [0, 0.05) is 13.1 Å². The molecule has 1 fully saturated rings. The van der Waals surface area contributed by atoms with Gasteiger partial charge >= 0.3 is 6.18 Å². The summed E-state index contributed by atoms with van der Waals surface area (Å²) in [4.78, 5) is 35.9. The quantitative estimate of drug-likeness (QED) is 0.202. The van der Waals surface area contributed by atoms with E-state index < -0.39 is 57.4 Å². The highest BCUT2D eigenvalue weighted by atomic mass is 32.2. The van der Waals surface area contributed by atoms with Gasteiger partial charge in [-0.05, 0) is 24.1 Å². The molecule has 2 atom stereocenters. The predicted molar refractivity (Wildman–Crippen MR) is 147 cm³/mol. The van der Waals surface area contributed by atoms with Gasteiger partial charge in [0.15, 0.2) is 21.4 Å². The number of hydrogen-bond donors (Lipinski definition) is 2. The average Bonchev–Trinajstić information content (AvgIpc) is 3.40. The summed E-state index contributed by atoms with van der Waals surface area (Å²) in [6, 6.07) is 13.4. The third kappa shape index (κ3) is 8.06. The molecule has 2 N–H and O–H groups in total. The number of amides is 1. The molecule has 11 nitrogen and oxygen atoms in total. The molecule has 0 radical (unpaired) electrons. The lowest BCUT2D eigenvalue weighted by Crippen LogP contribution is -2.59. The molecule has 2 unspecified atom stereocenters. The van der Waals surface area contributed by atoms with Crippen LogP contribution in [-0.2, 0) is 25.1 Å². The van der Waals surface area contributed by atoms with E-state index in [4.69, 9.17) is 9.15 Å². The first-order valence-electron chi connectivity index (χ1n) is 13.1. The van der Waals surface area contributed by atoms with Gasteiger partial charge in [-0.2, -0.15) is 13.2 Å². The van der Waals surface area contributed by atoms with Crippen molar-refractivity contribution in [2.24, 2.45) is 4.99 Å². The Morgan fingerprint density at radius 3 is 2.36 bits per heavy atom. The number of aliphatic imine (C=N–C) groups is 1. The normalized spacial score (nSPS) is 16.2. The number of ketones is 1. The zero-order chi connectivity index (χ0) is 30.3. The maximum Gasteiger partial charge on any atom is 0.408 e.